The molecule has 8 heteroatoms. The number of halogens is 1. The highest BCUT2D eigenvalue weighted by Crippen LogP contribution is 2.61. The molecule has 0 aliphatic carbocycles. The van der Waals surface area contributed by atoms with Gasteiger partial charge in [0.1, 0.15) is 11.3 Å². The van der Waals surface area contributed by atoms with Crippen molar-refractivity contribution in [3.05, 3.63) is 81.0 Å². The quantitative estimate of drug-likeness (QED) is 0.501. The number of ketones is 1. The summed E-state index contributed by atoms with van der Waals surface area (Å²) < 4.78 is 5.52. The molecule has 2 saturated heterocycles. The van der Waals surface area contributed by atoms with Gasteiger partial charge in [0.25, 0.3) is 0 Å². The number of carbonyl (C=O) groups excluding carboxylic acids is 2. The Hall–Kier alpha value is -2.32. The third-order valence-corrected chi connectivity index (χ3v) is 9.30. The van der Waals surface area contributed by atoms with Crippen molar-refractivity contribution in [1.82, 2.24) is 4.90 Å². The van der Waals surface area contributed by atoms with Crippen molar-refractivity contribution in [2.45, 2.75) is 17.5 Å². The van der Waals surface area contributed by atoms with Crippen molar-refractivity contribution < 1.29 is 14.3 Å². The number of ether oxygens (including phenoxy) is 1. The summed E-state index contributed by atoms with van der Waals surface area (Å²) in [7, 11) is 1.62. The standard InChI is InChI=1S/C25H21ClN2O3S2/c1-31-16-8-9-18-17(11-16)25(24(30)27-18)22(23(29)20-3-2-10-33-20)21(19-12-32-13-28(19)25)14-4-6-15(26)7-5-14/h2-11,19,21-22H,12-13H2,1H3,(H,27,30)/t19-,21+,22-,25+/m0/s1. The van der Waals surface area contributed by atoms with Crippen LogP contribution >= 0.6 is 34.7 Å². The SMILES string of the molecule is COc1ccc2c(c1)[C@]1(C(=O)N2)[C@H](C(=O)c2cccs2)[C@H](c2ccc(Cl)cc2)[C@@H]2CSCN21. The van der Waals surface area contributed by atoms with Gasteiger partial charge in [-0.05, 0) is 47.3 Å². The third kappa shape index (κ3) is 2.96. The normalized spacial score (nSPS) is 28.1. The van der Waals surface area contributed by atoms with Gasteiger partial charge in [0, 0.05) is 39.9 Å². The highest BCUT2D eigenvalue weighted by molar-refractivity contribution is 7.99. The summed E-state index contributed by atoms with van der Waals surface area (Å²) >= 11 is 9.43. The molecule has 1 aromatic heterocycles. The summed E-state index contributed by atoms with van der Waals surface area (Å²) in [5.74, 6) is 1.37. The van der Waals surface area contributed by atoms with E-state index in [1.807, 2.05) is 60.0 Å². The number of hydrogen-bond donors (Lipinski definition) is 1. The van der Waals surface area contributed by atoms with Gasteiger partial charge in [-0.3, -0.25) is 14.5 Å². The van der Waals surface area contributed by atoms with E-state index in [1.165, 1.54) is 11.3 Å². The molecule has 6 rings (SSSR count). The van der Waals surface area contributed by atoms with Gasteiger partial charge in [0.15, 0.2) is 5.78 Å². The molecular weight excluding hydrogens is 476 g/mol. The molecule has 4 heterocycles. The molecule has 3 aliphatic rings. The summed E-state index contributed by atoms with van der Waals surface area (Å²) in [6, 6.07) is 17.2. The highest BCUT2D eigenvalue weighted by atomic mass is 35.5. The fraction of sp³-hybridized carbons (Fsp3) is 0.280. The molecule has 0 unspecified atom stereocenters. The summed E-state index contributed by atoms with van der Waals surface area (Å²) in [6.45, 7) is 0. The van der Waals surface area contributed by atoms with Crippen LogP contribution in [0, 0.1) is 5.92 Å². The van der Waals surface area contributed by atoms with Crippen LogP contribution in [-0.2, 0) is 10.3 Å². The fourth-order valence-corrected chi connectivity index (χ4v) is 7.97. The number of anilines is 1. The molecule has 3 aliphatic heterocycles. The lowest BCUT2D eigenvalue weighted by molar-refractivity contribution is -0.127. The third-order valence-electron chi connectivity index (χ3n) is 7.13. The van der Waals surface area contributed by atoms with E-state index in [-0.39, 0.29) is 23.7 Å². The van der Waals surface area contributed by atoms with Crippen LogP contribution in [0.3, 0.4) is 0 Å². The maximum atomic E-state index is 14.2. The number of thiophene rings is 1. The average Bonchev–Trinajstić information content (AvgIpc) is 3.60. The molecule has 0 saturated carbocycles. The second kappa shape index (κ2) is 7.87. The largest absolute Gasteiger partial charge is 0.497 e. The first-order chi connectivity index (χ1) is 16.1. The van der Waals surface area contributed by atoms with E-state index in [0.717, 1.165) is 22.6 Å². The Balaban J connectivity index is 1.62. The van der Waals surface area contributed by atoms with Gasteiger partial charge >= 0.3 is 0 Å². The first-order valence-electron chi connectivity index (χ1n) is 10.7. The Morgan fingerprint density at radius 3 is 2.76 bits per heavy atom. The molecule has 168 valence electrons. The number of hydrogen-bond acceptors (Lipinski definition) is 6. The summed E-state index contributed by atoms with van der Waals surface area (Å²) in [4.78, 5) is 31.1. The van der Waals surface area contributed by atoms with Crippen LogP contribution in [0.1, 0.15) is 26.7 Å². The van der Waals surface area contributed by atoms with Gasteiger partial charge in [0.05, 0.1) is 17.9 Å². The first kappa shape index (κ1) is 21.2. The van der Waals surface area contributed by atoms with E-state index in [4.69, 9.17) is 16.3 Å². The van der Waals surface area contributed by atoms with Crippen molar-refractivity contribution >= 4 is 52.1 Å². The maximum Gasteiger partial charge on any atom is 0.250 e. The molecule has 1 spiro atoms. The van der Waals surface area contributed by atoms with E-state index < -0.39 is 11.5 Å². The van der Waals surface area contributed by atoms with Gasteiger partial charge in [-0.25, -0.2) is 0 Å². The number of fused-ring (bicyclic) bond motifs is 4. The van der Waals surface area contributed by atoms with E-state index >= 15 is 0 Å². The van der Waals surface area contributed by atoms with Crippen molar-refractivity contribution in [3.63, 3.8) is 0 Å². The molecule has 4 atom stereocenters. The van der Waals surface area contributed by atoms with Crippen LogP contribution in [-0.4, -0.2) is 41.4 Å². The topological polar surface area (TPSA) is 58.6 Å². The Kier molecular flexibility index (Phi) is 5.07. The Morgan fingerprint density at radius 1 is 1.21 bits per heavy atom. The number of amides is 1. The number of Topliss-reactive ketones (excluding diaryl/α,β-unsaturated/α-hetero) is 1. The van der Waals surface area contributed by atoms with Crippen LogP contribution < -0.4 is 10.1 Å². The van der Waals surface area contributed by atoms with E-state index in [9.17, 15) is 9.59 Å². The number of nitrogens with one attached hydrogen (secondary N) is 1. The lowest BCUT2D eigenvalue weighted by Crippen LogP contribution is -2.52. The number of methoxy groups -OCH3 is 1. The van der Waals surface area contributed by atoms with Gasteiger partial charge in [-0.1, -0.05) is 29.8 Å². The molecule has 33 heavy (non-hydrogen) atoms. The molecular formula is C25H21ClN2O3S2. The Bertz CT molecular complexity index is 1250. The second-order valence-corrected chi connectivity index (χ2v) is 10.9. The zero-order valence-electron chi connectivity index (χ0n) is 17.8. The minimum absolute atomic E-state index is 0.00942. The van der Waals surface area contributed by atoms with Crippen LogP contribution in [0.2, 0.25) is 5.02 Å². The molecule has 0 radical (unpaired) electrons. The van der Waals surface area contributed by atoms with Crippen molar-refractivity contribution in [2.24, 2.45) is 5.92 Å². The minimum atomic E-state index is -1.09. The number of thioether (sulfide) groups is 1. The number of nitrogens with zero attached hydrogens (tertiary/aromatic N) is 1. The predicted molar refractivity (Wildman–Crippen MR) is 133 cm³/mol. The van der Waals surface area contributed by atoms with Gasteiger partial charge in [-0.2, -0.15) is 0 Å². The smallest absolute Gasteiger partial charge is 0.250 e. The molecule has 1 N–H and O–H groups in total. The van der Waals surface area contributed by atoms with Crippen LogP contribution in [0.15, 0.2) is 60.0 Å². The molecule has 0 bridgehead atoms. The number of benzene rings is 2. The molecule has 1 amide bonds. The minimum Gasteiger partial charge on any atom is -0.497 e. The summed E-state index contributed by atoms with van der Waals surface area (Å²) in [6.07, 6.45) is 0. The molecule has 2 aromatic carbocycles. The molecule has 5 nitrogen and oxygen atoms in total. The second-order valence-electron chi connectivity index (χ2n) is 8.57. The zero-order valence-corrected chi connectivity index (χ0v) is 20.2. The van der Waals surface area contributed by atoms with Gasteiger partial charge < -0.3 is 10.1 Å². The zero-order chi connectivity index (χ0) is 22.7. The van der Waals surface area contributed by atoms with Crippen LogP contribution in [0.5, 0.6) is 5.75 Å². The van der Waals surface area contributed by atoms with E-state index in [2.05, 4.69) is 10.2 Å². The lowest BCUT2D eigenvalue weighted by atomic mass is 9.70. The fourth-order valence-electron chi connectivity index (χ4n) is 5.81. The van der Waals surface area contributed by atoms with Crippen LogP contribution in [0.25, 0.3) is 0 Å². The van der Waals surface area contributed by atoms with Crippen molar-refractivity contribution in [3.8, 4) is 5.75 Å². The van der Waals surface area contributed by atoms with E-state index in [0.29, 0.717) is 21.5 Å². The predicted octanol–water partition coefficient (Wildman–Crippen LogP) is 5.23. The maximum absolute atomic E-state index is 14.2. The average molecular weight is 497 g/mol. The van der Waals surface area contributed by atoms with E-state index in [1.54, 1.807) is 18.9 Å². The van der Waals surface area contributed by atoms with Gasteiger partial charge in [-0.15, -0.1) is 23.1 Å². The molecule has 2 fully saturated rings. The number of rotatable bonds is 4. The lowest BCUT2D eigenvalue weighted by Gasteiger charge is -2.36. The van der Waals surface area contributed by atoms with Gasteiger partial charge in [0.2, 0.25) is 5.91 Å². The van der Waals surface area contributed by atoms with Crippen molar-refractivity contribution in [1.29, 1.82) is 0 Å². The Morgan fingerprint density at radius 2 is 2.03 bits per heavy atom. The van der Waals surface area contributed by atoms with Crippen LogP contribution in [0.4, 0.5) is 5.69 Å². The number of carbonyl (C=O) groups is 2. The molecule has 3 aromatic rings. The first-order valence-corrected chi connectivity index (χ1v) is 13.1. The highest BCUT2D eigenvalue weighted by Gasteiger charge is 2.69. The Labute approximate surface area is 205 Å². The van der Waals surface area contributed by atoms with Crippen molar-refractivity contribution in [2.75, 3.05) is 24.1 Å². The summed E-state index contributed by atoms with van der Waals surface area (Å²) in [5, 5.41) is 5.65. The monoisotopic (exact) mass is 496 g/mol. The summed E-state index contributed by atoms with van der Waals surface area (Å²) in [5.41, 5.74) is 1.51.